The number of nitrogen functional groups attached to an aromatic ring is 1. The van der Waals surface area contributed by atoms with Crippen molar-refractivity contribution in [1.29, 1.82) is 0 Å². The molecule has 4 heterocycles. The summed E-state index contributed by atoms with van der Waals surface area (Å²) in [4.78, 5) is 64.7. The average Bonchev–Trinajstić information content (AvgIpc) is 3.38. The van der Waals surface area contributed by atoms with Crippen molar-refractivity contribution in [2.45, 2.75) is 62.9 Å². The molecule has 3 N–H and O–H groups in total. The standard InChI is InChI=1S/C41H56ClF3N8O7/c1-48(2)20-21-59-36(54)26-49-16-18-50(19-17-49)29-7-11-51(12-8-29)38(55)35(24-27-22-32(41(43,44)45)37(46)33(42)23-27)60-40(57)52-13-9-30(10-14-52)53-15-6-28-25-31(58-3)4-5-34(28)47-39(53)56/h4-5,22-23,25,29-30,35H,6-21,24,26,46H2,1-3H3,(H,47,56)/t35-/m1/s1. The summed E-state index contributed by atoms with van der Waals surface area (Å²) >= 11 is 6.15. The highest BCUT2D eigenvalue weighted by Gasteiger charge is 2.39. The summed E-state index contributed by atoms with van der Waals surface area (Å²) in [6.45, 7) is 5.86. The first kappa shape index (κ1) is 45.0. The van der Waals surface area contributed by atoms with Gasteiger partial charge in [0.2, 0.25) is 0 Å². The van der Waals surface area contributed by atoms with Crippen LogP contribution in [0.3, 0.4) is 0 Å². The van der Waals surface area contributed by atoms with Gasteiger partial charge < -0.3 is 44.9 Å². The number of nitrogens with zero attached hydrogens (tertiary/aromatic N) is 6. The number of likely N-dealkylation sites (tertiary alicyclic amines) is 2. The van der Waals surface area contributed by atoms with Crippen LogP contribution < -0.4 is 15.8 Å². The summed E-state index contributed by atoms with van der Waals surface area (Å²) < 4.78 is 58.4. The Morgan fingerprint density at radius 3 is 2.25 bits per heavy atom. The van der Waals surface area contributed by atoms with Crippen LogP contribution in [0.15, 0.2) is 30.3 Å². The second-order valence-electron chi connectivity index (χ2n) is 16.1. The highest BCUT2D eigenvalue weighted by atomic mass is 35.5. The number of ether oxygens (including phenoxy) is 3. The van der Waals surface area contributed by atoms with Crippen molar-refractivity contribution in [3.63, 3.8) is 0 Å². The maximum atomic E-state index is 14.2. The summed E-state index contributed by atoms with van der Waals surface area (Å²) in [6.07, 6.45) is -4.49. The predicted octanol–water partition coefficient (Wildman–Crippen LogP) is 4.27. The topological polar surface area (TPSA) is 153 Å². The SMILES string of the molecule is COc1ccc2c(c1)CCN(C1CCN(C(=O)O[C@H](Cc3cc(Cl)c(N)c(C(F)(F)F)c3)C(=O)N3CCC(N4CCN(CC(=O)OCCN(C)C)CC4)CC3)CC1)C(=O)N2. The summed E-state index contributed by atoms with van der Waals surface area (Å²) in [5.74, 6) is -0.0558. The molecule has 15 nitrogen and oxygen atoms in total. The number of benzene rings is 2. The van der Waals surface area contributed by atoms with E-state index in [-0.39, 0.29) is 60.7 Å². The third kappa shape index (κ3) is 11.4. The molecular weight excluding hydrogens is 809 g/mol. The Labute approximate surface area is 353 Å². The molecule has 4 aliphatic rings. The summed E-state index contributed by atoms with van der Waals surface area (Å²) in [7, 11) is 5.42. The van der Waals surface area contributed by atoms with E-state index in [0.717, 1.165) is 30.4 Å². The van der Waals surface area contributed by atoms with E-state index in [1.54, 1.807) is 23.0 Å². The number of urea groups is 1. The zero-order valence-electron chi connectivity index (χ0n) is 34.5. The van der Waals surface area contributed by atoms with Crippen molar-refractivity contribution < 1.29 is 46.6 Å². The Morgan fingerprint density at radius 1 is 0.933 bits per heavy atom. The van der Waals surface area contributed by atoms with Crippen LogP contribution in [0.2, 0.25) is 5.02 Å². The van der Waals surface area contributed by atoms with Gasteiger partial charge in [-0.15, -0.1) is 0 Å². The highest BCUT2D eigenvalue weighted by Crippen LogP contribution is 2.38. The van der Waals surface area contributed by atoms with Crippen molar-refractivity contribution >= 4 is 47.0 Å². The Kier molecular flexibility index (Phi) is 14.9. The molecule has 0 bridgehead atoms. The fraction of sp³-hybridized carbons (Fsp3) is 0.610. The van der Waals surface area contributed by atoms with Crippen LogP contribution in [0.1, 0.15) is 42.4 Å². The molecular formula is C41H56ClF3N8O7. The van der Waals surface area contributed by atoms with E-state index < -0.39 is 35.5 Å². The van der Waals surface area contributed by atoms with Crippen LogP contribution in [0.5, 0.6) is 5.75 Å². The van der Waals surface area contributed by atoms with Gasteiger partial charge in [-0.25, -0.2) is 9.59 Å². The smallest absolute Gasteiger partial charge is 0.418 e. The highest BCUT2D eigenvalue weighted by molar-refractivity contribution is 6.33. The van der Waals surface area contributed by atoms with Crippen LogP contribution in [-0.4, -0.2) is 171 Å². The molecule has 0 unspecified atom stereocenters. The van der Waals surface area contributed by atoms with Crippen LogP contribution in [0.25, 0.3) is 0 Å². The number of halogens is 4. The molecule has 0 aliphatic carbocycles. The van der Waals surface area contributed by atoms with E-state index in [1.165, 1.54) is 11.0 Å². The molecule has 0 saturated carbocycles. The number of methoxy groups -OCH3 is 1. The first-order valence-electron chi connectivity index (χ1n) is 20.5. The number of piperazine rings is 1. The van der Waals surface area contributed by atoms with E-state index in [4.69, 9.17) is 31.5 Å². The maximum Gasteiger partial charge on any atom is 0.418 e. The Hall–Kier alpha value is -4.52. The zero-order valence-corrected chi connectivity index (χ0v) is 35.2. The fourth-order valence-electron chi connectivity index (χ4n) is 8.39. The molecule has 3 saturated heterocycles. The molecule has 2 aromatic carbocycles. The number of hydrogen-bond acceptors (Lipinski definition) is 11. The Morgan fingerprint density at radius 2 is 1.60 bits per heavy atom. The number of rotatable bonds is 12. The lowest BCUT2D eigenvalue weighted by molar-refractivity contribution is -0.145. The van der Waals surface area contributed by atoms with E-state index in [9.17, 15) is 32.3 Å². The van der Waals surface area contributed by atoms with Gasteiger partial charge in [-0.1, -0.05) is 11.6 Å². The monoisotopic (exact) mass is 864 g/mol. The van der Waals surface area contributed by atoms with Crippen LogP contribution in [0.4, 0.5) is 34.1 Å². The lowest BCUT2D eigenvalue weighted by atomic mass is 9.99. The number of nitrogens with two attached hydrogens (primary N) is 1. The lowest BCUT2D eigenvalue weighted by Gasteiger charge is -2.43. The molecule has 0 radical (unpaired) electrons. The molecule has 3 fully saturated rings. The van der Waals surface area contributed by atoms with Crippen molar-refractivity contribution in [3.8, 4) is 5.75 Å². The quantitative estimate of drug-likeness (QED) is 0.233. The maximum absolute atomic E-state index is 14.2. The number of nitrogens with one attached hydrogen (secondary N) is 1. The average molecular weight is 865 g/mol. The molecule has 330 valence electrons. The number of amides is 4. The molecule has 4 aliphatic heterocycles. The predicted molar refractivity (Wildman–Crippen MR) is 219 cm³/mol. The second kappa shape index (κ2) is 19.9. The molecule has 6 rings (SSSR count). The van der Waals surface area contributed by atoms with Gasteiger partial charge in [-0.3, -0.25) is 19.4 Å². The lowest BCUT2D eigenvalue weighted by Crippen LogP contribution is -2.55. The third-order valence-corrected chi connectivity index (χ3v) is 12.2. The fourth-order valence-corrected chi connectivity index (χ4v) is 8.63. The number of esters is 1. The molecule has 0 aromatic heterocycles. The van der Waals surface area contributed by atoms with Crippen LogP contribution in [-0.2, 0) is 38.1 Å². The number of carbonyl (C=O) groups excluding carboxylic acids is 4. The first-order chi connectivity index (χ1) is 28.6. The Balaban J connectivity index is 1.06. The van der Waals surface area contributed by atoms with Gasteiger partial charge >= 0.3 is 24.3 Å². The van der Waals surface area contributed by atoms with Gasteiger partial charge in [0.15, 0.2) is 6.10 Å². The van der Waals surface area contributed by atoms with Gasteiger partial charge in [-0.2, -0.15) is 13.2 Å². The number of hydrogen-bond donors (Lipinski definition) is 2. The summed E-state index contributed by atoms with van der Waals surface area (Å²) in [5, 5.41) is 2.66. The molecule has 1 atom stereocenters. The van der Waals surface area contributed by atoms with E-state index in [2.05, 4.69) is 15.1 Å². The van der Waals surface area contributed by atoms with Crippen LogP contribution >= 0.6 is 11.6 Å². The normalized spacial score (nSPS) is 19.4. The molecule has 0 spiro atoms. The van der Waals surface area contributed by atoms with Crippen LogP contribution in [0, 0.1) is 0 Å². The largest absolute Gasteiger partial charge is 0.497 e. The number of alkyl halides is 3. The van der Waals surface area contributed by atoms with Gasteiger partial charge in [0.05, 0.1) is 29.9 Å². The van der Waals surface area contributed by atoms with E-state index >= 15 is 0 Å². The Bertz CT molecular complexity index is 1850. The van der Waals surface area contributed by atoms with Gasteiger partial charge in [0, 0.05) is 89.6 Å². The zero-order chi connectivity index (χ0) is 43.1. The molecule has 2 aromatic rings. The minimum absolute atomic E-state index is 0.0477. The number of fused-ring (bicyclic) bond motifs is 1. The molecule has 4 amide bonds. The third-order valence-electron chi connectivity index (χ3n) is 11.9. The van der Waals surface area contributed by atoms with E-state index in [1.807, 2.05) is 31.1 Å². The second-order valence-corrected chi connectivity index (χ2v) is 16.5. The van der Waals surface area contributed by atoms with Crippen molar-refractivity contribution in [2.75, 3.05) is 111 Å². The first-order valence-corrected chi connectivity index (χ1v) is 20.9. The minimum Gasteiger partial charge on any atom is -0.497 e. The number of piperidine rings is 2. The minimum atomic E-state index is -4.80. The number of likely N-dealkylation sites (N-methyl/N-ethyl adjacent to an activating group) is 1. The van der Waals surface area contributed by atoms with E-state index in [0.29, 0.717) is 83.7 Å². The summed E-state index contributed by atoms with van der Waals surface area (Å²) in [5.41, 5.74) is 5.66. The van der Waals surface area contributed by atoms with Crippen molar-refractivity contribution in [1.82, 2.24) is 29.4 Å². The number of anilines is 2. The van der Waals surface area contributed by atoms with Gasteiger partial charge in [0.1, 0.15) is 12.4 Å². The van der Waals surface area contributed by atoms with Crippen molar-refractivity contribution in [2.24, 2.45) is 0 Å². The van der Waals surface area contributed by atoms with Gasteiger partial charge in [-0.05, 0) is 87.7 Å². The van der Waals surface area contributed by atoms with Crippen molar-refractivity contribution in [3.05, 3.63) is 52.0 Å². The van der Waals surface area contributed by atoms with Gasteiger partial charge in [0.25, 0.3) is 5.91 Å². The molecule has 19 heteroatoms. The number of carbonyl (C=O) groups is 4. The summed E-state index contributed by atoms with van der Waals surface area (Å²) in [6, 6.07) is 7.42. The molecule has 60 heavy (non-hydrogen) atoms.